The van der Waals surface area contributed by atoms with E-state index in [9.17, 15) is 0 Å². The van der Waals surface area contributed by atoms with Gasteiger partial charge in [0.25, 0.3) is 0 Å². The number of benzene rings is 1. The van der Waals surface area contributed by atoms with Crippen LogP contribution in [0.15, 0.2) is 48.9 Å². The van der Waals surface area contributed by atoms with Crippen LogP contribution in [0.2, 0.25) is 0 Å². The van der Waals surface area contributed by atoms with Crippen LogP contribution in [-0.4, -0.2) is 27.5 Å². The molecule has 0 spiro atoms. The van der Waals surface area contributed by atoms with Crippen molar-refractivity contribution in [2.75, 3.05) is 18.0 Å². The molecule has 21 heavy (non-hydrogen) atoms. The second kappa shape index (κ2) is 5.18. The molecule has 0 fully saturated rings. The van der Waals surface area contributed by atoms with Crippen molar-refractivity contribution in [1.82, 2.24) is 19.7 Å². The van der Waals surface area contributed by atoms with E-state index in [2.05, 4.69) is 50.6 Å². The molecule has 0 unspecified atom stereocenters. The van der Waals surface area contributed by atoms with Gasteiger partial charge in [0.15, 0.2) is 0 Å². The maximum absolute atomic E-state index is 4.60. The number of hydrogen-bond acceptors (Lipinski definition) is 4. The predicted molar refractivity (Wildman–Crippen MR) is 82.2 cm³/mol. The third-order valence-electron chi connectivity index (χ3n) is 3.84. The zero-order valence-electron chi connectivity index (χ0n) is 11.7. The van der Waals surface area contributed by atoms with Crippen LogP contribution in [-0.2, 0) is 13.1 Å². The molecule has 0 saturated carbocycles. The highest BCUT2D eigenvalue weighted by Crippen LogP contribution is 2.23. The number of fused-ring (bicyclic) bond motifs is 2. The van der Waals surface area contributed by atoms with E-state index in [4.69, 9.17) is 0 Å². The second-order valence-electron chi connectivity index (χ2n) is 5.29. The first-order valence-corrected chi connectivity index (χ1v) is 7.22. The summed E-state index contributed by atoms with van der Waals surface area (Å²) >= 11 is 0. The minimum absolute atomic E-state index is 0.758. The van der Waals surface area contributed by atoms with E-state index in [1.54, 1.807) is 6.20 Å². The highest BCUT2D eigenvalue weighted by molar-refractivity contribution is 5.54. The predicted octanol–water partition coefficient (Wildman–Crippen LogP) is 1.84. The van der Waals surface area contributed by atoms with Crippen LogP contribution in [0, 0.1) is 0 Å². The lowest BCUT2D eigenvalue weighted by molar-refractivity contribution is 0.686. The van der Waals surface area contributed by atoms with Gasteiger partial charge < -0.3 is 10.2 Å². The second-order valence-corrected chi connectivity index (χ2v) is 5.29. The smallest absolute Gasteiger partial charge is 0.233 e. The van der Waals surface area contributed by atoms with Gasteiger partial charge in [-0.25, -0.2) is 9.97 Å². The normalized spacial score (nSPS) is 15.0. The van der Waals surface area contributed by atoms with Crippen molar-refractivity contribution in [1.29, 1.82) is 0 Å². The molecule has 2 aromatic heterocycles. The Morgan fingerprint density at radius 3 is 3.10 bits per heavy atom. The Kier molecular flexibility index (Phi) is 3.05. The molecule has 0 aliphatic carbocycles. The Morgan fingerprint density at radius 1 is 1.19 bits per heavy atom. The molecule has 0 amide bonds. The third kappa shape index (κ3) is 2.36. The lowest BCUT2D eigenvalue weighted by atomic mass is 10.1. The summed E-state index contributed by atoms with van der Waals surface area (Å²) in [5.41, 5.74) is 3.69. The summed E-state index contributed by atoms with van der Waals surface area (Å²) in [6, 6.07) is 10.5. The lowest BCUT2D eigenvalue weighted by Gasteiger charge is -2.23. The van der Waals surface area contributed by atoms with Crippen molar-refractivity contribution in [2.45, 2.75) is 13.1 Å². The Hall–Kier alpha value is -2.40. The molecule has 5 heteroatoms. The topological polar surface area (TPSA) is 45.5 Å². The van der Waals surface area contributed by atoms with Crippen molar-refractivity contribution in [3.8, 4) is 0 Å². The van der Waals surface area contributed by atoms with Gasteiger partial charge in [-0.05, 0) is 17.7 Å². The number of aromatic nitrogens is 3. The molecule has 1 aromatic carbocycles. The SMILES string of the molecule is c1ccc2c(c1)CNCCN2Cc1cn2cccnc2n1. The van der Waals surface area contributed by atoms with E-state index in [0.717, 1.165) is 37.7 Å². The summed E-state index contributed by atoms with van der Waals surface area (Å²) in [4.78, 5) is 11.3. The quantitative estimate of drug-likeness (QED) is 0.777. The minimum Gasteiger partial charge on any atom is -0.364 e. The molecule has 1 aliphatic rings. The fraction of sp³-hybridized carbons (Fsp3) is 0.250. The summed E-state index contributed by atoms with van der Waals surface area (Å²) in [7, 11) is 0. The molecule has 0 bridgehead atoms. The number of para-hydroxylation sites is 1. The summed E-state index contributed by atoms with van der Waals surface area (Å²) in [6.07, 6.45) is 5.82. The van der Waals surface area contributed by atoms with Gasteiger partial charge in [0.1, 0.15) is 0 Å². The first-order valence-electron chi connectivity index (χ1n) is 7.22. The number of hydrogen-bond donors (Lipinski definition) is 1. The van der Waals surface area contributed by atoms with E-state index < -0.39 is 0 Å². The van der Waals surface area contributed by atoms with Crippen molar-refractivity contribution < 1.29 is 0 Å². The first-order chi connectivity index (χ1) is 10.4. The fourth-order valence-electron chi connectivity index (χ4n) is 2.84. The third-order valence-corrected chi connectivity index (χ3v) is 3.84. The zero-order valence-corrected chi connectivity index (χ0v) is 11.7. The molecule has 1 N–H and O–H groups in total. The molecule has 3 heterocycles. The van der Waals surface area contributed by atoms with Crippen LogP contribution in [0.5, 0.6) is 0 Å². The van der Waals surface area contributed by atoms with Gasteiger partial charge >= 0.3 is 0 Å². The number of nitrogens with zero attached hydrogens (tertiary/aromatic N) is 4. The van der Waals surface area contributed by atoms with Gasteiger partial charge in [-0.3, -0.25) is 4.40 Å². The first kappa shape index (κ1) is 12.3. The van der Waals surface area contributed by atoms with Crippen molar-refractivity contribution in [2.24, 2.45) is 0 Å². The highest BCUT2D eigenvalue weighted by atomic mass is 15.2. The number of nitrogens with one attached hydrogen (secondary N) is 1. The standard InChI is InChI=1S/C16H17N5/c1-2-5-15-13(4-1)10-17-7-9-20(15)11-14-12-21-8-3-6-18-16(21)19-14/h1-6,8,12,17H,7,9-11H2. The molecule has 1 aliphatic heterocycles. The molecule has 106 valence electrons. The Bertz CT molecular complexity index is 731. The van der Waals surface area contributed by atoms with E-state index in [1.807, 2.05) is 16.7 Å². The zero-order chi connectivity index (χ0) is 14.1. The Balaban J connectivity index is 1.67. The average Bonchev–Trinajstić information content (AvgIpc) is 2.82. The van der Waals surface area contributed by atoms with E-state index in [1.165, 1.54) is 11.3 Å². The van der Waals surface area contributed by atoms with Crippen molar-refractivity contribution in [3.63, 3.8) is 0 Å². The fourth-order valence-corrected chi connectivity index (χ4v) is 2.84. The lowest BCUT2D eigenvalue weighted by Crippen LogP contribution is -2.28. The van der Waals surface area contributed by atoms with Gasteiger partial charge in [-0.2, -0.15) is 0 Å². The van der Waals surface area contributed by atoms with Crippen LogP contribution in [0.4, 0.5) is 5.69 Å². The molecule has 5 nitrogen and oxygen atoms in total. The van der Waals surface area contributed by atoms with Gasteiger partial charge in [0.2, 0.25) is 5.78 Å². The van der Waals surface area contributed by atoms with E-state index in [0.29, 0.717) is 0 Å². The van der Waals surface area contributed by atoms with Gasteiger partial charge in [0, 0.05) is 43.9 Å². The minimum atomic E-state index is 0.758. The number of rotatable bonds is 2. The number of imidazole rings is 1. The largest absolute Gasteiger partial charge is 0.364 e. The van der Waals surface area contributed by atoms with Crippen LogP contribution in [0.25, 0.3) is 5.78 Å². The summed E-state index contributed by atoms with van der Waals surface area (Å²) in [5, 5.41) is 3.47. The van der Waals surface area contributed by atoms with Crippen LogP contribution in [0.1, 0.15) is 11.3 Å². The van der Waals surface area contributed by atoms with E-state index >= 15 is 0 Å². The maximum Gasteiger partial charge on any atom is 0.233 e. The van der Waals surface area contributed by atoms with Crippen molar-refractivity contribution >= 4 is 11.5 Å². The maximum atomic E-state index is 4.60. The number of anilines is 1. The van der Waals surface area contributed by atoms with Gasteiger partial charge in [-0.15, -0.1) is 0 Å². The van der Waals surface area contributed by atoms with Gasteiger partial charge in [-0.1, -0.05) is 18.2 Å². The average molecular weight is 279 g/mol. The highest BCUT2D eigenvalue weighted by Gasteiger charge is 2.15. The van der Waals surface area contributed by atoms with Crippen LogP contribution < -0.4 is 10.2 Å². The van der Waals surface area contributed by atoms with E-state index in [-0.39, 0.29) is 0 Å². The van der Waals surface area contributed by atoms with Gasteiger partial charge in [0.05, 0.1) is 12.2 Å². The van der Waals surface area contributed by atoms with Crippen LogP contribution in [0.3, 0.4) is 0 Å². The summed E-state index contributed by atoms with van der Waals surface area (Å²) in [5.74, 6) is 0.758. The summed E-state index contributed by atoms with van der Waals surface area (Å²) < 4.78 is 1.97. The van der Waals surface area contributed by atoms with Crippen molar-refractivity contribution in [3.05, 3.63) is 60.2 Å². The molecule has 0 radical (unpaired) electrons. The molecular formula is C16H17N5. The Labute approximate surface area is 123 Å². The molecular weight excluding hydrogens is 262 g/mol. The molecule has 0 saturated heterocycles. The summed E-state index contributed by atoms with van der Waals surface area (Å²) in [6.45, 7) is 3.71. The monoisotopic (exact) mass is 279 g/mol. The Morgan fingerprint density at radius 2 is 2.14 bits per heavy atom. The van der Waals surface area contributed by atoms with Crippen LogP contribution >= 0.6 is 0 Å². The molecule has 0 atom stereocenters. The molecule has 3 aromatic rings. The molecule has 4 rings (SSSR count).